The molecule has 1 aliphatic heterocycles. The number of ether oxygens (including phenoxy) is 1. The second kappa shape index (κ2) is 10.9. The number of aryl methyl sites for hydroxylation is 1. The first-order valence-corrected chi connectivity index (χ1v) is 12.2. The van der Waals surface area contributed by atoms with E-state index in [2.05, 4.69) is 10.3 Å². The number of ketones is 1. The van der Waals surface area contributed by atoms with Crippen LogP contribution in [0.5, 0.6) is 0 Å². The van der Waals surface area contributed by atoms with E-state index in [1.807, 2.05) is 0 Å². The van der Waals surface area contributed by atoms with Crippen molar-refractivity contribution in [1.29, 1.82) is 0 Å². The molecular formula is C26H27ClF2N4O4. The van der Waals surface area contributed by atoms with Crippen LogP contribution in [-0.2, 0) is 27.4 Å². The van der Waals surface area contributed by atoms with Crippen molar-refractivity contribution in [2.24, 2.45) is 0 Å². The molecule has 0 unspecified atom stereocenters. The lowest BCUT2D eigenvalue weighted by Gasteiger charge is -2.27. The predicted octanol–water partition coefficient (Wildman–Crippen LogP) is 3.61. The summed E-state index contributed by atoms with van der Waals surface area (Å²) < 4.78 is 36.3. The van der Waals surface area contributed by atoms with Crippen molar-refractivity contribution < 1.29 is 27.9 Å². The molecule has 1 aliphatic rings. The Morgan fingerprint density at radius 1 is 1.30 bits per heavy atom. The number of benzene rings is 1. The molecule has 196 valence electrons. The lowest BCUT2D eigenvalue weighted by molar-refractivity contribution is -0.142. The standard InChI is InChI=1S/C26H27ClF2N4O4/c1-4-37-25-20(28)12-33(24(25)26(36)31-9-16-6-5-7-19(27)23(16)29)22(35)13-32-11-18(15(3)34)17-8-14(2)30-10-21(17)32/h5-8,10-11,20,24-25H,4,9,12-13H2,1-3H3,(H,31,36)/t20-,24-,25+/m0/s1. The molecule has 0 bridgehead atoms. The van der Waals surface area contributed by atoms with Gasteiger partial charge in [-0.2, -0.15) is 0 Å². The molecule has 2 amide bonds. The van der Waals surface area contributed by atoms with Crippen LogP contribution in [0, 0.1) is 12.7 Å². The maximum atomic E-state index is 15.0. The van der Waals surface area contributed by atoms with E-state index < -0.39 is 35.9 Å². The average Bonchev–Trinajstić information content (AvgIpc) is 3.37. The highest BCUT2D eigenvalue weighted by Gasteiger charge is 2.49. The summed E-state index contributed by atoms with van der Waals surface area (Å²) in [5.74, 6) is -2.05. The van der Waals surface area contributed by atoms with Gasteiger partial charge in [-0.25, -0.2) is 8.78 Å². The number of alkyl halides is 1. The zero-order valence-electron chi connectivity index (χ0n) is 20.6. The molecule has 11 heteroatoms. The van der Waals surface area contributed by atoms with Crippen LogP contribution in [-0.4, -0.2) is 63.5 Å². The van der Waals surface area contributed by atoms with Gasteiger partial charge in [-0.1, -0.05) is 23.7 Å². The first-order valence-electron chi connectivity index (χ1n) is 11.8. The van der Waals surface area contributed by atoms with Crippen LogP contribution in [0.25, 0.3) is 10.9 Å². The Morgan fingerprint density at radius 2 is 2.05 bits per heavy atom. The summed E-state index contributed by atoms with van der Waals surface area (Å²) in [7, 11) is 0. The van der Waals surface area contributed by atoms with Gasteiger partial charge in [-0.15, -0.1) is 0 Å². The molecular weight excluding hydrogens is 506 g/mol. The monoisotopic (exact) mass is 532 g/mol. The summed E-state index contributed by atoms with van der Waals surface area (Å²) in [5, 5.41) is 3.15. The van der Waals surface area contributed by atoms with Crippen molar-refractivity contribution in [2.75, 3.05) is 13.2 Å². The maximum absolute atomic E-state index is 15.0. The highest BCUT2D eigenvalue weighted by molar-refractivity contribution is 6.30. The molecule has 1 N–H and O–H groups in total. The second-order valence-corrected chi connectivity index (χ2v) is 9.33. The number of hydrogen-bond donors (Lipinski definition) is 1. The summed E-state index contributed by atoms with van der Waals surface area (Å²) in [6, 6.07) is 4.90. The van der Waals surface area contributed by atoms with Crippen LogP contribution in [0.3, 0.4) is 0 Å². The summed E-state index contributed by atoms with van der Waals surface area (Å²) in [5.41, 5.74) is 1.87. The number of aromatic nitrogens is 2. The highest BCUT2D eigenvalue weighted by atomic mass is 35.5. The van der Waals surface area contributed by atoms with Crippen molar-refractivity contribution in [3.8, 4) is 0 Å². The van der Waals surface area contributed by atoms with Crippen molar-refractivity contribution >= 4 is 40.1 Å². The van der Waals surface area contributed by atoms with Crippen LogP contribution in [0.15, 0.2) is 36.7 Å². The van der Waals surface area contributed by atoms with Crippen LogP contribution in [0.2, 0.25) is 5.02 Å². The van der Waals surface area contributed by atoms with E-state index >= 15 is 0 Å². The quantitative estimate of drug-likeness (QED) is 0.447. The third kappa shape index (κ3) is 5.35. The molecule has 1 fully saturated rings. The Labute approximate surface area is 217 Å². The van der Waals surface area contributed by atoms with E-state index in [0.717, 1.165) is 4.90 Å². The fourth-order valence-corrected chi connectivity index (χ4v) is 4.82. The van der Waals surface area contributed by atoms with Gasteiger partial charge in [0, 0.05) is 41.6 Å². The normalized spacial score (nSPS) is 19.4. The van der Waals surface area contributed by atoms with E-state index in [1.54, 1.807) is 42.9 Å². The predicted molar refractivity (Wildman–Crippen MR) is 134 cm³/mol. The molecule has 3 aromatic rings. The fraction of sp³-hybridized carbons (Fsp3) is 0.385. The first kappa shape index (κ1) is 26.7. The van der Waals surface area contributed by atoms with Gasteiger partial charge in [0.15, 0.2) is 5.78 Å². The SMILES string of the molecule is CCO[C@H]1[C@@H](C(=O)NCc2cccc(Cl)c2F)N(C(=O)Cn2cc(C(C)=O)c3cc(C)ncc32)C[C@@H]1F. The number of rotatable bonds is 8. The molecule has 0 spiro atoms. The number of Topliss-reactive ketones (excluding diaryl/α,β-unsaturated/α-hetero) is 1. The lowest BCUT2D eigenvalue weighted by Crippen LogP contribution is -2.51. The third-order valence-corrected chi connectivity index (χ3v) is 6.69. The Morgan fingerprint density at radius 3 is 2.76 bits per heavy atom. The smallest absolute Gasteiger partial charge is 0.245 e. The van der Waals surface area contributed by atoms with Gasteiger partial charge < -0.3 is 19.5 Å². The Balaban J connectivity index is 1.59. The van der Waals surface area contributed by atoms with Gasteiger partial charge >= 0.3 is 0 Å². The molecule has 0 radical (unpaired) electrons. The minimum atomic E-state index is -1.60. The second-order valence-electron chi connectivity index (χ2n) is 8.93. The number of halogens is 3. The molecule has 0 aliphatic carbocycles. The van der Waals surface area contributed by atoms with Crippen molar-refractivity contribution in [3.05, 3.63) is 64.3 Å². The number of nitrogens with zero attached hydrogens (tertiary/aromatic N) is 3. The molecule has 2 aromatic heterocycles. The summed E-state index contributed by atoms with van der Waals surface area (Å²) in [4.78, 5) is 44.2. The van der Waals surface area contributed by atoms with Crippen LogP contribution < -0.4 is 5.32 Å². The van der Waals surface area contributed by atoms with E-state index in [1.165, 1.54) is 19.1 Å². The van der Waals surface area contributed by atoms with Gasteiger partial charge in [-0.05, 0) is 32.9 Å². The first-order chi connectivity index (χ1) is 17.6. The van der Waals surface area contributed by atoms with Gasteiger partial charge in [0.1, 0.15) is 30.7 Å². The zero-order chi connectivity index (χ0) is 26.9. The molecule has 8 nitrogen and oxygen atoms in total. The van der Waals surface area contributed by atoms with E-state index in [9.17, 15) is 23.2 Å². The van der Waals surface area contributed by atoms with Crippen LogP contribution >= 0.6 is 11.6 Å². The summed E-state index contributed by atoms with van der Waals surface area (Å²) in [6.45, 7) is 4.24. The number of carbonyl (C=O) groups excluding carboxylic acids is 3. The van der Waals surface area contributed by atoms with Gasteiger partial charge in [0.25, 0.3) is 0 Å². The summed E-state index contributed by atoms with van der Waals surface area (Å²) >= 11 is 5.81. The number of amides is 2. The molecule has 37 heavy (non-hydrogen) atoms. The highest BCUT2D eigenvalue weighted by Crippen LogP contribution is 2.27. The minimum absolute atomic E-state index is 0.0889. The number of pyridine rings is 1. The van der Waals surface area contributed by atoms with Crippen LogP contribution in [0.4, 0.5) is 8.78 Å². The number of fused-ring (bicyclic) bond motifs is 1. The molecule has 1 aromatic carbocycles. The van der Waals surface area contributed by atoms with Gasteiger partial charge in [-0.3, -0.25) is 19.4 Å². The van der Waals surface area contributed by atoms with E-state index in [4.69, 9.17) is 16.3 Å². The van der Waals surface area contributed by atoms with Gasteiger partial charge in [0.05, 0.1) is 23.3 Å². The Kier molecular flexibility index (Phi) is 7.89. The van der Waals surface area contributed by atoms with E-state index in [-0.39, 0.29) is 42.6 Å². The largest absolute Gasteiger partial charge is 0.373 e. The fourth-order valence-electron chi connectivity index (χ4n) is 4.63. The molecule has 3 atom stereocenters. The van der Waals surface area contributed by atoms with Crippen LogP contribution in [0.1, 0.15) is 35.5 Å². The van der Waals surface area contributed by atoms with Crippen molar-refractivity contribution in [2.45, 2.75) is 52.2 Å². The molecule has 1 saturated heterocycles. The summed E-state index contributed by atoms with van der Waals surface area (Å²) in [6.07, 6.45) is 0.350. The Bertz CT molecular complexity index is 1360. The minimum Gasteiger partial charge on any atom is -0.373 e. The number of likely N-dealkylation sites (tertiary alicyclic amines) is 1. The maximum Gasteiger partial charge on any atom is 0.245 e. The molecule has 3 heterocycles. The molecule has 0 saturated carbocycles. The average molecular weight is 533 g/mol. The zero-order valence-corrected chi connectivity index (χ0v) is 21.4. The van der Waals surface area contributed by atoms with Crippen molar-refractivity contribution in [1.82, 2.24) is 19.8 Å². The van der Waals surface area contributed by atoms with Gasteiger partial charge in [0.2, 0.25) is 11.8 Å². The number of hydrogen-bond acceptors (Lipinski definition) is 5. The molecule has 4 rings (SSSR count). The topological polar surface area (TPSA) is 93.5 Å². The number of carbonyl (C=O) groups is 3. The third-order valence-electron chi connectivity index (χ3n) is 6.40. The Hall–Kier alpha value is -3.37. The van der Waals surface area contributed by atoms with E-state index in [0.29, 0.717) is 22.2 Å². The number of nitrogens with one attached hydrogen (secondary N) is 1. The van der Waals surface area contributed by atoms with Crippen molar-refractivity contribution in [3.63, 3.8) is 0 Å². The lowest BCUT2D eigenvalue weighted by atomic mass is 10.1.